The minimum atomic E-state index is -0.105. The third-order valence-electron chi connectivity index (χ3n) is 4.00. The highest BCUT2D eigenvalue weighted by Crippen LogP contribution is 2.25. The molecular formula is C15H27N3O. The lowest BCUT2D eigenvalue weighted by molar-refractivity contribution is 0.0632. The fourth-order valence-corrected chi connectivity index (χ4v) is 2.85. The number of nitrogens with two attached hydrogens (primary N) is 1. The summed E-state index contributed by atoms with van der Waals surface area (Å²) in [6.07, 6.45) is 12.2. The Kier molecular flexibility index (Phi) is 5.40. The van der Waals surface area contributed by atoms with Gasteiger partial charge in [0.1, 0.15) is 0 Å². The molecule has 1 heterocycles. The van der Waals surface area contributed by atoms with Crippen LogP contribution in [0.3, 0.4) is 0 Å². The van der Waals surface area contributed by atoms with Crippen LogP contribution in [0.4, 0.5) is 0 Å². The number of hydrogen-bond acceptors (Lipinski definition) is 3. The second kappa shape index (κ2) is 7.06. The average Bonchev–Trinajstić information content (AvgIpc) is 2.70. The van der Waals surface area contributed by atoms with Crippen molar-refractivity contribution in [3.05, 3.63) is 18.2 Å². The molecule has 0 unspecified atom stereocenters. The Bertz CT molecular complexity index is 367. The lowest BCUT2D eigenvalue weighted by Crippen LogP contribution is -2.44. The number of aromatic nitrogens is 2. The van der Waals surface area contributed by atoms with Gasteiger partial charge in [0.25, 0.3) is 0 Å². The predicted octanol–water partition coefficient (Wildman–Crippen LogP) is 2.86. The molecule has 19 heavy (non-hydrogen) atoms. The summed E-state index contributed by atoms with van der Waals surface area (Å²) in [5.74, 6) is 0. The van der Waals surface area contributed by atoms with Gasteiger partial charge in [-0.25, -0.2) is 4.98 Å². The zero-order valence-corrected chi connectivity index (χ0v) is 12.1. The maximum absolute atomic E-state index is 6.45. The summed E-state index contributed by atoms with van der Waals surface area (Å²) in [5, 5.41) is 0. The van der Waals surface area contributed by atoms with Crippen molar-refractivity contribution in [3.8, 4) is 0 Å². The lowest BCUT2D eigenvalue weighted by Gasteiger charge is -2.27. The van der Waals surface area contributed by atoms with E-state index in [4.69, 9.17) is 10.5 Å². The fourth-order valence-electron chi connectivity index (χ4n) is 2.85. The van der Waals surface area contributed by atoms with Gasteiger partial charge >= 0.3 is 0 Å². The van der Waals surface area contributed by atoms with Crippen LogP contribution in [-0.2, 0) is 17.9 Å². The molecule has 0 bridgehead atoms. The fraction of sp³-hybridized carbons (Fsp3) is 0.800. The highest BCUT2D eigenvalue weighted by Gasteiger charge is 2.26. The molecule has 1 aliphatic carbocycles. The molecule has 0 aliphatic heterocycles. The van der Waals surface area contributed by atoms with Gasteiger partial charge in [-0.15, -0.1) is 0 Å². The zero-order chi connectivity index (χ0) is 13.6. The Morgan fingerprint density at radius 2 is 2.05 bits per heavy atom. The number of rotatable bonds is 6. The summed E-state index contributed by atoms with van der Waals surface area (Å²) < 4.78 is 8.04. The third kappa shape index (κ3) is 4.32. The van der Waals surface area contributed by atoms with E-state index in [1.54, 1.807) is 0 Å². The first kappa shape index (κ1) is 14.5. The highest BCUT2D eigenvalue weighted by atomic mass is 16.5. The van der Waals surface area contributed by atoms with E-state index in [1.807, 2.05) is 12.5 Å². The van der Waals surface area contributed by atoms with E-state index < -0.39 is 0 Å². The molecule has 0 atom stereocenters. The minimum absolute atomic E-state index is 0.105. The second-order valence-corrected chi connectivity index (χ2v) is 5.85. The SMILES string of the molecule is CCCn1cncc1COCC1(N)CCCCCC1. The Morgan fingerprint density at radius 3 is 2.74 bits per heavy atom. The Hall–Kier alpha value is -0.870. The van der Waals surface area contributed by atoms with Crippen LogP contribution in [0, 0.1) is 0 Å². The first-order valence-corrected chi connectivity index (χ1v) is 7.59. The van der Waals surface area contributed by atoms with Gasteiger partial charge in [-0.1, -0.05) is 32.6 Å². The molecule has 1 fully saturated rings. The van der Waals surface area contributed by atoms with Crippen LogP contribution in [0.1, 0.15) is 57.6 Å². The molecule has 0 spiro atoms. The molecule has 4 heteroatoms. The van der Waals surface area contributed by atoms with Crippen molar-refractivity contribution in [1.82, 2.24) is 9.55 Å². The average molecular weight is 265 g/mol. The van der Waals surface area contributed by atoms with Gasteiger partial charge < -0.3 is 15.0 Å². The van der Waals surface area contributed by atoms with Crippen LogP contribution in [0.15, 0.2) is 12.5 Å². The Morgan fingerprint density at radius 1 is 1.32 bits per heavy atom. The van der Waals surface area contributed by atoms with E-state index in [-0.39, 0.29) is 5.54 Å². The van der Waals surface area contributed by atoms with Crippen molar-refractivity contribution in [2.75, 3.05) is 6.61 Å². The van der Waals surface area contributed by atoms with Crippen molar-refractivity contribution in [3.63, 3.8) is 0 Å². The molecule has 108 valence electrons. The van der Waals surface area contributed by atoms with Crippen molar-refractivity contribution < 1.29 is 4.74 Å². The number of nitrogens with zero attached hydrogens (tertiary/aromatic N) is 2. The summed E-state index contributed by atoms with van der Waals surface area (Å²) >= 11 is 0. The van der Waals surface area contributed by atoms with E-state index in [1.165, 1.54) is 25.7 Å². The van der Waals surface area contributed by atoms with Crippen LogP contribution in [-0.4, -0.2) is 21.7 Å². The number of imidazole rings is 1. The predicted molar refractivity (Wildman–Crippen MR) is 76.8 cm³/mol. The van der Waals surface area contributed by atoms with Crippen LogP contribution in [0.2, 0.25) is 0 Å². The van der Waals surface area contributed by atoms with E-state index in [0.717, 1.165) is 31.5 Å². The van der Waals surface area contributed by atoms with Gasteiger partial charge in [0.15, 0.2) is 0 Å². The largest absolute Gasteiger partial charge is 0.373 e. The Labute approximate surface area is 116 Å². The standard InChI is InChI=1S/C15H27N3O/c1-2-9-18-13-17-10-14(18)11-19-12-15(16)7-5-3-4-6-8-15/h10,13H,2-9,11-12,16H2,1H3. The lowest BCUT2D eigenvalue weighted by atomic mass is 9.93. The summed E-state index contributed by atoms with van der Waals surface area (Å²) in [6.45, 7) is 4.47. The molecule has 1 aliphatic rings. The maximum Gasteiger partial charge on any atom is 0.0948 e. The van der Waals surface area contributed by atoms with E-state index >= 15 is 0 Å². The van der Waals surface area contributed by atoms with Crippen LogP contribution in [0.25, 0.3) is 0 Å². The third-order valence-corrected chi connectivity index (χ3v) is 4.00. The number of hydrogen-bond donors (Lipinski definition) is 1. The van der Waals surface area contributed by atoms with Crippen LogP contribution in [0.5, 0.6) is 0 Å². The highest BCUT2D eigenvalue weighted by molar-refractivity contribution is 4.96. The monoisotopic (exact) mass is 265 g/mol. The van der Waals surface area contributed by atoms with Gasteiger partial charge in [-0.2, -0.15) is 0 Å². The van der Waals surface area contributed by atoms with E-state index in [0.29, 0.717) is 13.2 Å². The van der Waals surface area contributed by atoms with Gasteiger partial charge in [0.05, 0.1) is 31.4 Å². The van der Waals surface area contributed by atoms with Crippen molar-refractivity contribution in [2.24, 2.45) is 5.73 Å². The van der Waals surface area contributed by atoms with Gasteiger partial charge in [0.2, 0.25) is 0 Å². The first-order valence-electron chi connectivity index (χ1n) is 7.59. The summed E-state index contributed by atoms with van der Waals surface area (Å²) in [7, 11) is 0. The topological polar surface area (TPSA) is 53.1 Å². The molecule has 0 aromatic carbocycles. The molecule has 1 aromatic heterocycles. The smallest absolute Gasteiger partial charge is 0.0948 e. The van der Waals surface area contributed by atoms with Crippen LogP contribution >= 0.6 is 0 Å². The van der Waals surface area contributed by atoms with Crippen molar-refractivity contribution >= 4 is 0 Å². The summed E-state index contributed by atoms with van der Waals surface area (Å²) in [6, 6.07) is 0. The maximum atomic E-state index is 6.45. The quantitative estimate of drug-likeness (QED) is 0.805. The second-order valence-electron chi connectivity index (χ2n) is 5.85. The van der Waals surface area contributed by atoms with E-state index in [2.05, 4.69) is 16.5 Å². The molecule has 4 nitrogen and oxygen atoms in total. The minimum Gasteiger partial charge on any atom is -0.373 e. The normalized spacial score (nSPS) is 19.3. The summed E-state index contributed by atoms with van der Waals surface area (Å²) in [4.78, 5) is 4.19. The first-order chi connectivity index (χ1) is 9.23. The number of ether oxygens (including phenoxy) is 1. The van der Waals surface area contributed by atoms with Gasteiger partial charge in [-0.05, 0) is 19.3 Å². The number of aryl methyl sites for hydroxylation is 1. The van der Waals surface area contributed by atoms with Gasteiger partial charge in [-0.3, -0.25) is 0 Å². The van der Waals surface area contributed by atoms with Crippen molar-refractivity contribution in [1.29, 1.82) is 0 Å². The molecule has 2 rings (SSSR count). The molecule has 2 N–H and O–H groups in total. The molecular weight excluding hydrogens is 238 g/mol. The van der Waals surface area contributed by atoms with Gasteiger partial charge in [0, 0.05) is 12.1 Å². The molecule has 0 radical (unpaired) electrons. The molecule has 0 amide bonds. The van der Waals surface area contributed by atoms with Crippen molar-refractivity contribution in [2.45, 2.75) is 70.6 Å². The Balaban J connectivity index is 1.80. The van der Waals surface area contributed by atoms with Crippen LogP contribution < -0.4 is 5.73 Å². The van der Waals surface area contributed by atoms with E-state index in [9.17, 15) is 0 Å². The molecule has 0 saturated heterocycles. The molecule has 1 saturated carbocycles. The zero-order valence-electron chi connectivity index (χ0n) is 12.1. The molecule has 1 aromatic rings. The summed E-state index contributed by atoms with van der Waals surface area (Å²) in [5.41, 5.74) is 7.49.